The Balaban J connectivity index is 1.83. The number of fused-ring (bicyclic) bond motifs is 1. The van der Waals surface area contributed by atoms with Gasteiger partial charge in [-0.2, -0.15) is 5.10 Å². The zero-order valence-electron chi connectivity index (χ0n) is 14.6. The number of anilines is 3. The molecule has 0 bridgehead atoms. The molecule has 0 saturated carbocycles. The van der Waals surface area contributed by atoms with Crippen molar-refractivity contribution >= 4 is 34.0 Å². The van der Waals surface area contributed by atoms with Crippen molar-refractivity contribution in [1.29, 1.82) is 0 Å². The molecule has 2 N–H and O–H groups in total. The molecule has 0 aliphatic heterocycles. The topological polar surface area (TPSA) is 47.1 Å². The normalized spacial score (nSPS) is 10.8. The van der Waals surface area contributed by atoms with E-state index in [1.165, 1.54) is 0 Å². The standard InChI is InChI=1S/C22H20N4/c1-3-16-7-4-5-10-21(16)26-22-14-20(12-11-17(22)15-24-26)25(2)19-9-6-8-18(23)13-19/h3-15H,1,23H2,2H3. The number of benzene rings is 3. The van der Waals surface area contributed by atoms with Gasteiger partial charge >= 0.3 is 0 Å². The predicted octanol–water partition coefficient (Wildman–Crippen LogP) is 5.02. The van der Waals surface area contributed by atoms with Gasteiger partial charge in [0.25, 0.3) is 0 Å². The first-order valence-electron chi connectivity index (χ1n) is 8.46. The Hall–Kier alpha value is -3.53. The summed E-state index contributed by atoms with van der Waals surface area (Å²) in [6.45, 7) is 3.91. The Bertz CT molecular complexity index is 1090. The van der Waals surface area contributed by atoms with E-state index in [1.54, 1.807) is 0 Å². The number of hydrogen-bond donors (Lipinski definition) is 1. The van der Waals surface area contributed by atoms with Gasteiger partial charge in [-0.1, -0.05) is 36.9 Å². The maximum absolute atomic E-state index is 5.93. The van der Waals surface area contributed by atoms with Crippen LogP contribution in [0.15, 0.2) is 79.5 Å². The van der Waals surface area contributed by atoms with Crippen LogP contribution in [0.1, 0.15) is 5.56 Å². The van der Waals surface area contributed by atoms with Crippen LogP contribution in [0.2, 0.25) is 0 Å². The largest absolute Gasteiger partial charge is 0.399 e. The van der Waals surface area contributed by atoms with Crippen molar-refractivity contribution in [2.45, 2.75) is 0 Å². The lowest BCUT2D eigenvalue weighted by Crippen LogP contribution is -2.09. The second-order valence-corrected chi connectivity index (χ2v) is 6.22. The fourth-order valence-electron chi connectivity index (χ4n) is 3.14. The third kappa shape index (κ3) is 2.71. The van der Waals surface area contributed by atoms with Crippen LogP contribution in [0.25, 0.3) is 22.7 Å². The number of para-hydroxylation sites is 1. The second-order valence-electron chi connectivity index (χ2n) is 6.22. The highest BCUT2D eigenvalue weighted by Gasteiger charge is 2.11. The van der Waals surface area contributed by atoms with Crippen molar-refractivity contribution < 1.29 is 0 Å². The van der Waals surface area contributed by atoms with E-state index in [1.807, 2.05) is 66.5 Å². The van der Waals surface area contributed by atoms with Crippen molar-refractivity contribution in [2.75, 3.05) is 17.7 Å². The molecule has 1 aromatic heterocycles. The Morgan fingerprint density at radius 1 is 1.00 bits per heavy atom. The van der Waals surface area contributed by atoms with Crippen LogP contribution in [-0.2, 0) is 0 Å². The van der Waals surface area contributed by atoms with Gasteiger partial charge in [-0.25, -0.2) is 4.68 Å². The minimum Gasteiger partial charge on any atom is -0.399 e. The number of hydrogen-bond acceptors (Lipinski definition) is 3. The first-order valence-corrected chi connectivity index (χ1v) is 8.46. The van der Waals surface area contributed by atoms with Crippen LogP contribution in [0, 0.1) is 0 Å². The van der Waals surface area contributed by atoms with E-state index < -0.39 is 0 Å². The van der Waals surface area contributed by atoms with Crippen molar-refractivity contribution in [2.24, 2.45) is 0 Å². The van der Waals surface area contributed by atoms with Gasteiger partial charge in [0.1, 0.15) is 0 Å². The Morgan fingerprint density at radius 3 is 2.62 bits per heavy atom. The Morgan fingerprint density at radius 2 is 1.81 bits per heavy atom. The molecule has 0 aliphatic rings. The van der Waals surface area contributed by atoms with E-state index >= 15 is 0 Å². The summed E-state index contributed by atoms with van der Waals surface area (Å²) in [7, 11) is 2.04. The lowest BCUT2D eigenvalue weighted by atomic mass is 10.1. The molecule has 4 aromatic rings. The second kappa shape index (κ2) is 6.41. The van der Waals surface area contributed by atoms with Crippen LogP contribution >= 0.6 is 0 Å². The molecule has 1 heterocycles. The number of nitrogens with two attached hydrogens (primary N) is 1. The SMILES string of the molecule is C=Cc1ccccc1-n1ncc2ccc(N(C)c3cccc(N)c3)cc21. The van der Waals surface area contributed by atoms with Crippen LogP contribution in [0.5, 0.6) is 0 Å². The lowest BCUT2D eigenvalue weighted by molar-refractivity contribution is 0.908. The summed E-state index contributed by atoms with van der Waals surface area (Å²) in [6.07, 6.45) is 3.74. The van der Waals surface area contributed by atoms with Crippen molar-refractivity contribution in [3.63, 3.8) is 0 Å². The highest BCUT2D eigenvalue weighted by Crippen LogP contribution is 2.29. The highest BCUT2D eigenvalue weighted by molar-refractivity contribution is 5.86. The quantitative estimate of drug-likeness (QED) is 0.531. The van der Waals surface area contributed by atoms with Gasteiger partial charge in [-0.3, -0.25) is 0 Å². The molecule has 0 fully saturated rings. The molecule has 4 rings (SSSR count). The predicted molar refractivity (Wildman–Crippen MR) is 110 cm³/mol. The average Bonchev–Trinajstić information content (AvgIpc) is 3.10. The summed E-state index contributed by atoms with van der Waals surface area (Å²) in [6, 6.07) is 22.3. The van der Waals surface area contributed by atoms with Gasteiger partial charge in [0.15, 0.2) is 0 Å². The van der Waals surface area contributed by atoms with Crippen LogP contribution < -0.4 is 10.6 Å². The smallest absolute Gasteiger partial charge is 0.0762 e. The van der Waals surface area contributed by atoms with Crippen molar-refractivity contribution in [3.8, 4) is 5.69 Å². The van der Waals surface area contributed by atoms with Crippen LogP contribution in [-0.4, -0.2) is 16.8 Å². The van der Waals surface area contributed by atoms with Gasteiger partial charge < -0.3 is 10.6 Å². The highest BCUT2D eigenvalue weighted by atomic mass is 15.3. The first kappa shape index (κ1) is 16.0. The van der Waals surface area contributed by atoms with Gasteiger partial charge in [-0.15, -0.1) is 0 Å². The van der Waals surface area contributed by atoms with Gasteiger partial charge in [0, 0.05) is 29.5 Å². The molecule has 0 saturated heterocycles. The molecule has 4 nitrogen and oxygen atoms in total. The molecule has 0 radical (unpaired) electrons. The number of aromatic nitrogens is 2. The van der Waals surface area contributed by atoms with Gasteiger partial charge in [0.2, 0.25) is 0 Å². The van der Waals surface area contributed by atoms with Crippen LogP contribution in [0.3, 0.4) is 0 Å². The maximum Gasteiger partial charge on any atom is 0.0762 e. The number of rotatable bonds is 4. The average molecular weight is 340 g/mol. The summed E-state index contributed by atoms with van der Waals surface area (Å²) < 4.78 is 1.96. The van der Waals surface area contributed by atoms with Crippen LogP contribution in [0.4, 0.5) is 17.1 Å². The number of nitrogen functional groups attached to an aromatic ring is 1. The molecule has 3 aromatic carbocycles. The van der Waals surface area contributed by atoms with Crippen molar-refractivity contribution in [3.05, 3.63) is 85.1 Å². The minimum absolute atomic E-state index is 0.750. The summed E-state index contributed by atoms with van der Waals surface area (Å²) >= 11 is 0. The first-order chi connectivity index (χ1) is 12.7. The molecule has 0 aliphatic carbocycles. The van der Waals surface area contributed by atoms with E-state index in [2.05, 4.69) is 40.8 Å². The van der Waals surface area contributed by atoms with Gasteiger partial charge in [-0.05, 0) is 48.0 Å². The molecule has 26 heavy (non-hydrogen) atoms. The fourth-order valence-corrected chi connectivity index (χ4v) is 3.14. The third-order valence-corrected chi connectivity index (χ3v) is 4.58. The molecule has 0 amide bonds. The molecule has 4 heteroatoms. The van der Waals surface area contributed by atoms with Gasteiger partial charge in [0.05, 0.1) is 17.4 Å². The summed E-state index contributed by atoms with van der Waals surface area (Å²) in [5, 5.41) is 5.68. The zero-order chi connectivity index (χ0) is 18.1. The Kier molecular flexibility index (Phi) is 3.93. The molecular weight excluding hydrogens is 320 g/mol. The molecule has 0 atom stereocenters. The van der Waals surface area contributed by atoms with E-state index in [4.69, 9.17) is 5.73 Å². The number of nitrogens with zero attached hydrogens (tertiary/aromatic N) is 3. The van der Waals surface area contributed by atoms with E-state index in [9.17, 15) is 0 Å². The van der Waals surface area contributed by atoms with E-state index in [0.717, 1.165) is 39.2 Å². The molecule has 0 unspecified atom stereocenters. The lowest BCUT2D eigenvalue weighted by Gasteiger charge is -2.20. The summed E-state index contributed by atoms with van der Waals surface area (Å²) in [5.41, 5.74) is 11.9. The molecule has 0 spiro atoms. The van der Waals surface area contributed by atoms with E-state index in [-0.39, 0.29) is 0 Å². The van der Waals surface area contributed by atoms with Crippen molar-refractivity contribution in [1.82, 2.24) is 9.78 Å². The summed E-state index contributed by atoms with van der Waals surface area (Å²) in [4.78, 5) is 2.12. The third-order valence-electron chi connectivity index (χ3n) is 4.58. The maximum atomic E-state index is 5.93. The minimum atomic E-state index is 0.750. The fraction of sp³-hybridized carbons (Fsp3) is 0.0455. The summed E-state index contributed by atoms with van der Waals surface area (Å²) in [5.74, 6) is 0. The Labute approximate surface area is 152 Å². The zero-order valence-corrected chi connectivity index (χ0v) is 14.6. The monoisotopic (exact) mass is 340 g/mol. The van der Waals surface area contributed by atoms with E-state index in [0.29, 0.717) is 0 Å². The molecule has 128 valence electrons. The molecular formula is C22H20N4.